The zero-order chi connectivity index (χ0) is 15.1. The van der Waals surface area contributed by atoms with Crippen LogP contribution in [0.25, 0.3) is 0 Å². The molecule has 0 spiro atoms. The summed E-state index contributed by atoms with van der Waals surface area (Å²) in [6, 6.07) is 9.80. The molecule has 0 aliphatic rings. The molecule has 1 aromatic carbocycles. The summed E-state index contributed by atoms with van der Waals surface area (Å²) in [5.74, 6) is -1.53. The smallest absolute Gasteiger partial charge is 0.329 e. The summed E-state index contributed by atoms with van der Waals surface area (Å²) in [4.78, 5) is 21.7. The number of hydrogen-bond donors (Lipinski definition) is 2. The second-order valence-corrected chi connectivity index (χ2v) is 4.35. The van der Waals surface area contributed by atoms with Crippen LogP contribution < -0.4 is 5.32 Å². The number of nitrogens with one attached hydrogen (secondary N) is 1. The number of carbonyl (C=O) groups excluding carboxylic acids is 1. The van der Waals surface area contributed by atoms with Crippen LogP contribution in [0, 0.1) is 0 Å². The van der Waals surface area contributed by atoms with Gasteiger partial charge in [0.1, 0.15) is 13.2 Å². The van der Waals surface area contributed by atoms with Crippen LogP contribution in [-0.4, -0.2) is 40.0 Å². The van der Waals surface area contributed by atoms with Gasteiger partial charge in [0.25, 0.3) is 0 Å². The van der Waals surface area contributed by atoms with E-state index >= 15 is 0 Å². The quantitative estimate of drug-likeness (QED) is 0.792. The maximum atomic E-state index is 11.5. The molecule has 0 radical (unpaired) electrons. The van der Waals surface area contributed by atoms with Gasteiger partial charge in [0.15, 0.2) is 0 Å². The van der Waals surface area contributed by atoms with Crippen molar-refractivity contribution in [2.24, 2.45) is 0 Å². The van der Waals surface area contributed by atoms with Crippen molar-refractivity contribution in [1.82, 2.24) is 9.78 Å². The van der Waals surface area contributed by atoms with E-state index in [2.05, 4.69) is 10.4 Å². The van der Waals surface area contributed by atoms with E-state index in [-0.39, 0.29) is 6.61 Å². The van der Waals surface area contributed by atoms with Gasteiger partial charge in [-0.05, 0) is 5.56 Å². The maximum absolute atomic E-state index is 11.5. The first-order chi connectivity index (χ1) is 10.1. The number of carboxylic acid groups (broad SMARTS) is 1. The maximum Gasteiger partial charge on any atom is 0.329 e. The molecule has 0 bridgehead atoms. The molecule has 0 aliphatic heterocycles. The van der Waals surface area contributed by atoms with Gasteiger partial charge < -0.3 is 15.2 Å². The van der Waals surface area contributed by atoms with Gasteiger partial charge >= 0.3 is 5.97 Å². The highest BCUT2D eigenvalue weighted by Crippen LogP contribution is 2.07. The zero-order valence-electron chi connectivity index (χ0n) is 11.2. The van der Waals surface area contributed by atoms with Crippen LogP contribution in [0.1, 0.15) is 5.56 Å². The van der Waals surface area contributed by atoms with E-state index in [1.54, 1.807) is 10.9 Å². The topological polar surface area (TPSA) is 93.4 Å². The van der Waals surface area contributed by atoms with Gasteiger partial charge in [0, 0.05) is 6.20 Å². The van der Waals surface area contributed by atoms with Crippen LogP contribution in [0.2, 0.25) is 0 Å². The van der Waals surface area contributed by atoms with Gasteiger partial charge in [-0.3, -0.25) is 9.48 Å². The number of amides is 1. The van der Waals surface area contributed by atoms with Crippen molar-refractivity contribution in [3.63, 3.8) is 0 Å². The Labute approximate surface area is 121 Å². The second kappa shape index (κ2) is 7.20. The first kappa shape index (κ1) is 14.7. The SMILES string of the molecule is O=C(O)COCC(=O)Nc1cnn(Cc2ccccc2)c1. The monoisotopic (exact) mass is 289 g/mol. The minimum Gasteiger partial charge on any atom is -0.480 e. The molecule has 2 N–H and O–H groups in total. The average molecular weight is 289 g/mol. The Morgan fingerprint density at radius 3 is 2.71 bits per heavy atom. The van der Waals surface area contributed by atoms with E-state index in [0.717, 1.165) is 5.56 Å². The fraction of sp³-hybridized carbons (Fsp3) is 0.214. The number of nitrogens with zero attached hydrogens (tertiary/aromatic N) is 2. The lowest BCUT2D eigenvalue weighted by Crippen LogP contribution is -2.20. The number of benzene rings is 1. The number of carbonyl (C=O) groups is 2. The predicted molar refractivity (Wildman–Crippen MR) is 74.9 cm³/mol. The van der Waals surface area contributed by atoms with Crippen molar-refractivity contribution in [3.05, 3.63) is 48.3 Å². The number of ether oxygens (including phenoxy) is 1. The summed E-state index contributed by atoms with van der Waals surface area (Å²) >= 11 is 0. The van der Waals surface area contributed by atoms with Crippen LogP contribution in [0.4, 0.5) is 5.69 Å². The number of aliphatic carboxylic acids is 1. The van der Waals surface area contributed by atoms with E-state index in [0.29, 0.717) is 12.2 Å². The van der Waals surface area contributed by atoms with Crippen LogP contribution in [-0.2, 0) is 20.9 Å². The molecular formula is C14H15N3O4. The molecule has 2 rings (SSSR count). The molecule has 0 unspecified atom stereocenters. The molecule has 2 aromatic rings. The van der Waals surface area contributed by atoms with Gasteiger partial charge in [0.05, 0.1) is 18.4 Å². The Morgan fingerprint density at radius 2 is 2.00 bits per heavy atom. The molecule has 1 amide bonds. The number of aromatic nitrogens is 2. The molecule has 7 nitrogen and oxygen atoms in total. The lowest BCUT2D eigenvalue weighted by molar-refractivity contribution is -0.143. The van der Waals surface area contributed by atoms with Crippen LogP contribution in [0.15, 0.2) is 42.7 Å². The molecule has 7 heteroatoms. The standard InChI is InChI=1S/C14H15N3O4/c18-13(9-21-10-14(19)20)16-12-6-15-17(8-12)7-11-4-2-1-3-5-11/h1-6,8H,7,9-10H2,(H,16,18)(H,19,20). The number of carboxylic acids is 1. The first-order valence-corrected chi connectivity index (χ1v) is 6.29. The van der Waals surface area contributed by atoms with Gasteiger partial charge in [-0.1, -0.05) is 30.3 Å². The molecule has 1 heterocycles. The summed E-state index contributed by atoms with van der Waals surface area (Å²) in [5.41, 5.74) is 1.64. The molecule has 0 saturated carbocycles. The van der Waals surface area contributed by atoms with Crippen LogP contribution in [0.5, 0.6) is 0 Å². The number of anilines is 1. The molecule has 0 fully saturated rings. The van der Waals surface area contributed by atoms with E-state index < -0.39 is 18.5 Å². The van der Waals surface area contributed by atoms with Gasteiger partial charge in [-0.15, -0.1) is 0 Å². The minimum absolute atomic E-state index is 0.309. The fourth-order valence-corrected chi connectivity index (χ4v) is 1.71. The van der Waals surface area contributed by atoms with E-state index in [4.69, 9.17) is 9.84 Å². The highest BCUT2D eigenvalue weighted by atomic mass is 16.5. The van der Waals surface area contributed by atoms with Gasteiger partial charge in [0.2, 0.25) is 5.91 Å². The van der Waals surface area contributed by atoms with E-state index in [9.17, 15) is 9.59 Å². The Bertz CT molecular complexity index is 610. The predicted octanol–water partition coefficient (Wildman–Crippen LogP) is 0.971. The first-order valence-electron chi connectivity index (χ1n) is 6.29. The number of hydrogen-bond acceptors (Lipinski definition) is 4. The fourth-order valence-electron chi connectivity index (χ4n) is 1.71. The third kappa shape index (κ3) is 5.07. The Kier molecular flexibility index (Phi) is 5.05. The zero-order valence-corrected chi connectivity index (χ0v) is 11.2. The van der Waals surface area contributed by atoms with E-state index in [1.807, 2.05) is 30.3 Å². The molecule has 110 valence electrons. The highest BCUT2D eigenvalue weighted by Gasteiger charge is 2.06. The summed E-state index contributed by atoms with van der Waals surface area (Å²) in [5, 5.41) is 15.1. The normalized spacial score (nSPS) is 10.3. The minimum atomic E-state index is -1.11. The summed E-state index contributed by atoms with van der Waals surface area (Å²) in [7, 11) is 0. The lowest BCUT2D eigenvalue weighted by atomic mass is 10.2. The van der Waals surface area contributed by atoms with Gasteiger partial charge in [-0.2, -0.15) is 5.10 Å². The largest absolute Gasteiger partial charge is 0.480 e. The van der Waals surface area contributed by atoms with Crippen LogP contribution in [0.3, 0.4) is 0 Å². The van der Waals surface area contributed by atoms with Crippen molar-refractivity contribution >= 4 is 17.6 Å². The Hall–Kier alpha value is -2.67. The number of rotatable bonds is 7. The van der Waals surface area contributed by atoms with Crippen molar-refractivity contribution in [2.45, 2.75) is 6.54 Å². The summed E-state index contributed by atoms with van der Waals surface area (Å²) in [6.45, 7) is -0.205. The molecule has 1 aromatic heterocycles. The Morgan fingerprint density at radius 1 is 1.24 bits per heavy atom. The molecule has 21 heavy (non-hydrogen) atoms. The molecule has 0 saturated heterocycles. The Balaban J connectivity index is 1.82. The molecule has 0 atom stereocenters. The highest BCUT2D eigenvalue weighted by molar-refractivity contribution is 5.91. The van der Waals surface area contributed by atoms with Crippen molar-refractivity contribution in [3.8, 4) is 0 Å². The van der Waals surface area contributed by atoms with Crippen molar-refractivity contribution in [1.29, 1.82) is 0 Å². The average Bonchev–Trinajstić information content (AvgIpc) is 2.86. The molecular weight excluding hydrogens is 274 g/mol. The second-order valence-electron chi connectivity index (χ2n) is 4.35. The summed E-state index contributed by atoms with van der Waals surface area (Å²) in [6.07, 6.45) is 3.22. The third-order valence-electron chi connectivity index (χ3n) is 2.56. The van der Waals surface area contributed by atoms with Crippen LogP contribution >= 0.6 is 0 Å². The third-order valence-corrected chi connectivity index (χ3v) is 2.56. The lowest BCUT2D eigenvalue weighted by Gasteiger charge is -2.02. The van der Waals surface area contributed by atoms with Crippen molar-refractivity contribution < 1.29 is 19.4 Å². The van der Waals surface area contributed by atoms with Gasteiger partial charge in [-0.25, -0.2) is 4.79 Å². The van der Waals surface area contributed by atoms with E-state index in [1.165, 1.54) is 6.20 Å². The molecule has 0 aliphatic carbocycles. The van der Waals surface area contributed by atoms with Crippen molar-refractivity contribution in [2.75, 3.05) is 18.5 Å². The summed E-state index contributed by atoms with van der Waals surface area (Å²) < 4.78 is 6.39.